The van der Waals surface area contributed by atoms with Crippen molar-refractivity contribution in [3.63, 3.8) is 0 Å². The molecule has 0 radical (unpaired) electrons. The average Bonchev–Trinajstić information content (AvgIpc) is 3.38. The van der Waals surface area contributed by atoms with Gasteiger partial charge in [0.15, 0.2) is 10.3 Å². The molecule has 140 valence electrons. The van der Waals surface area contributed by atoms with E-state index in [0.717, 1.165) is 30.7 Å². The lowest BCUT2D eigenvalue weighted by Gasteiger charge is -2.40. The van der Waals surface area contributed by atoms with Crippen LogP contribution in [0.1, 0.15) is 42.7 Å². The molecule has 3 aliphatic heterocycles. The van der Waals surface area contributed by atoms with Crippen LogP contribution in [0.2, 0.25) is 0 Å². The number of likely N-dealkylation sites (tertiary alicyclic amines) is 1. The lowest BCUT2D eigenvalue weighted by molar-refractivity contribution is 0.141. The summed E-state index contributed by atoms with van der Waals surface area (Å²) >= 11 is 3.65. The summed E-state index contributed by atoms with van der Waals surface area (Å²) in [4.78, 5) is 18.6. The Morgan fingerprint density at radius 2 is 1.77 bits per heavy atom. The van der Waals surface area contributed by atoms with Crippen LogP contribution < -0.4 is 9.80 Å². The molecule has 5 rings (SSSR count). The minimum atomic E-state index is 0.807. The average molecular weight is 390 g/mol. The highest BCUT2D eigenvalue weighted by molar-refractivity contribution is 7.16. The van der Waals surface area contributed by atoms with E-state index < -0.39 is 0 Å². The van der Waals surface area contributed by atoms with Crippen LogP contribution in [-0.2, 0) is 13.0 Å². The van der Waals surface area contributed by atoms with Crippen LogP contribution >= 0.6 is 22.7 Å². The van der Waals surface area contributed by atoms with Gasteiger partial charge in [-0.25, -0.2) is 9.97 Å². The van der Waals surface area contributed by atoms with Crippen LogP contribution in [0.3, 0.4) is 0 Å². The van der Waals surface area contributed by atoms with E-state index in [1.165, 1.54) is 74.0 Å². The Morgan fingerprint density at radius 1 is 0.923 bits per heavy atom. The zero-order valence-corrected chi connectivity index (χ0v) is 16.9. The fraction of sp³-hybridized carbons (Fsp3) is 0.684. The summed E-state index contributed by atoms with van der Waals surface area (Å²) in [6.45, 7) is 7.00. The van der Waals surface area contributed by atoms with Gasteiger partial charge in [-0.05, 0) is 38.8 Å². The molecule has 0 saturated carbocycles. The second-order valence-electron chi connectivity index (χ2n) is 7.67. The first kappa shape index (κ1) is 17.0. The Labute approximate surface area is 163 Å². The lowest BCUT2D eigenvalue weighted by Crippen LogP contribution is -2.46. The van der Waals surface area contributed by atoms with E-state index in [0.29, 0.717) is 0 Å². The lowest BCUT2D eigenvalue weighted by atomic mass is 10.0. The van der Waals surface area contributed by atoms with E-state index >= 15 is 0 Å². The highest BCUT2D eigenvalue weighted by Gasteiger charge is 2.28. The summed E-state index contributed by atoms with van der Waals surface area (Å²) in [6.07, 6.45) is 9.78. The molecule has 26 heavy (non-hydrogen) atoms. The van der Waals surface area contributed by atoms with E-state index in [4.69, 9.17) is 4.98 Å². The van der Waals surface area contributed by atoms with Gasteiger partial charge in [0.05, 0.1) is 12.2 Å². The molecule has 7 heteroatoms. The van der Waals surface area contributed by atoms with Crippen molar-refractivity contribution >= 4 is 32.9 Å². The van der Waals surface area contributed by atoms with E-state index in [9.17, 15) is 0 Å². The first-order valence-electron chi connectivity index (χ1n) is 9.99. The number of nitrogens with zero attached hydrogens (tertiary/aromatic N) is 5. The number of anilines is 2. The predicted octanol–water partition coefficient (Wildman–Crippen LogP) is 3.62. The number of fused-ring (bicyclic) bond motifs is 1. The maximum absolute atomic E-state index is 5.01. The Bertz CT molecular complexity index is 714. The van der Waals surface area contributed by atoms with Gasteiger partial charge in [0.25, 0.3) is 0 Å². The van der Waals surface area contributed by atoms with Gasteiger partial charge >= 0.3 is 0 Å². The Balaban J connectivity index is 1.22. The quantitative estimate of drug-likeness (QED) is 0.801. The van der Waals surface area contributed by atoms with Gasteiger partial charge in [-0.2, -0.15) is 0 Å². The standard InChI is InChI=1S/C19H27N5S2/c1-2-8-22(9-3-1)15-4-10-23(11-5-15)19-21-16-6-12-24(14-17(16)26-19)18-20-7-13-25-18/h7,13,15H,1-6,8-12,14H2. The first-order valence-corrected chi connectivity index (χ1v) is 11.7. The molecule has 0 aliphatic carbocycles. The Hall–Kier alpha value is -1.18. The molecule has 2 fully saturated rings. The molecule has 0 atom stereocenters. The SMILES string of the molecule is c1csc(N2CCc3nc(N4CCC(N5CCCCC5)CC4)sc3C2)n1. The van der Waals surface area contributed by atoms with Crippen LogP contribution in [0.5, 0.6) is 0 Å². The van der Waals surface area contributed by atoms with Crippen molar-refractivity contribution in [2.45, 2.75) is 51.1 Å². The number of rotatable bonds is 3. The van der Waals surface area contributed by atoms with Crippen molar-refractivity contribution in [2.75, 3.05) is 42.5 Å². The highest BCUT2D eigenvalue weighted by Crippen LogP contribution is 2.34. The van der Waals surface area contributed by atoms with Crippen LogP contribution in [0.4, 0.5) is 10.3 Å². The monoisotopic (exact) mass is 389 g/mol. The summed E-state index contributed by atoms with van der Waals surface area (Å²) in [6, 6.07) is 0.807. The number of thiazole rings is 2. The van der Waals surface area contributed by atoms with Crippen molar-refractivity contribution in [1.29, 1.82) is 0 Å². The molecule has 2 saturated heterocycles. The summed E-state index contributed by atoms with van der Waals surface area (Å²) in [5.41, 5.74) is 1.33. The van der Waals surface area contributed by atoms with Crippen LogP contribution in [-0.4, -0.2) is 53.6 Å². The first-order chi connectivity index (χ1) is 12.9. The molecule has 5 heterocycles. The van der Waals surface area contributed by atoms with Crippen molar-refractivity contribution < 1.29 is 0 Å². The van der Waals surface area contributed by atoms with Crippen molar-refractivity contribution in [3.8, 4) is 0 Å². The number of aromatic nitrogens is 2. The fourth-order valence-electron chi connectivity index (χ4n) is 4.56. The van der Waals surface area contributed by atoms with Crippen LogP contribution in [0.25, 0.3) is 0 Å². The van der Waals surface area contributed by atoms with Crippen molar-refractivity contribution in [1.82, 2.24) is 14.9 Å². The molecular formula is C19H27N5S2. The zero-order chi connectivity index (χ0) is 17.3. The highest BCUT2D eigenvalue weighted by atomic mass is 32.1. The van der Waals surface area contributed by atoms with Gasteiger partial charge in [0.1, 0.15) is 0 Å². The van der Waals surface area contributed by atoms with Gasteiger partial charge in [-0.15, -0.1) is 11.3 Å². The summed E-state index contributed by atoms with van der Waals surface area (Å²) in [5.74, 6) is 0. The van der Waals surface area contributed by atoms with Gasteiger partial charge in [0, 0.05) is 48.6 Å². The molecular weight excluding hydrogens is 362 g/mol. The zero-order valence-electron chi connectivity index (χ0n) is 15.3. The van der Waals surface area contributed by atoms with Gasteiger partial charge in [-0.1, -0.05) is 17.8 Å². The normalized spacial score (nSPS) is 22.6. The molecule has 0 aromatic carbocycles. The van der Waals surface area contributed by atoms with Crippen molar-refractivity contribution in [2.24, 2.45) is 0 Å². The largest absolute Gasteiger partial charge is 0.348 e. The Kier molecular flexibility index (Phi) is 4.85. The second-order valence-corrected chi connectivity index (χ2v) is 9.60. The van der Waals surface area contributed by atoms with Crippen LogP contribution in [0.15, 0.2) is 11.6 Å². The molecule has 3 aliphatic rings. The van der Waals surface area contributed by atoms with E-state index in [2.05, 4.69) is 25.1 Å². The predicted molar refractivity (Wildman–Crippen MR) is 110 cm³/mol. The van der Waals surface area contributed by atoms with E-state index in [1.807, 2.05) is 17.5 Å². The van der Waals surface area contributed by atoms with Gasteiger partial charge in [-0.3, -0.25) is 0 Å². The Morgan fingerprint density at radius 3 is 2.54 bits per heavy atom. The maximum atomic E-state index is 5.01. The molecule has 0 N–H and O–H groups in total. The number of hydrogen-bond acceptors (Lipinski definition) is 7. The van der Waals surface area contributed by atoms with E-state index in [-0.39, 0.29) is 0 Å². The third kappa shape index (κ3) is 3.37. The third-order valence-electron chi connectivity index (χ3n) is 6.05. The van der Waals surface area contributed by atoms with Crippen LogP contribution in [0, 0.1) is 0 Å². The second kappa shape index (κ2) is 7.44. The number of piperidine rings is 2. The minimum absolute atomic E-state index is 0.807. The third-order valence-corrected chi connectivity index (χ3v) is 8.03. The summed E-state index contributed by atoms with van der Waals surface area (Å²) in [5, 5.41) is 4.47. The van der Waals surface area contributed by atoms with Gasteiger partial charge in [0.2, 0.25) is 0 Å². The molecule has 5 nitrogen and oxygen atoms in total. The molecule has 2 aromatic rings. The molecule has 0 amide bonds. The number of hydrogen-bond donors (Lipinski definition) is 0. The summed E-state index contributed by atoms with van der Waals surface area (Å²) < 4.78 is 0. The topological polar surface area (TPSA) is 35.5 Å². The minimum Gasteiger partial charge on any atom is -0.348 e. The molecule has 2 aromatic heterocycles. The summed E-state index contributed by atoms with van der Waals surface area (Å²) in [7, 11) is 0. The van der Waals surface area contributed by atoms with Crippen molar-refractivity contribution in [3.05, 3.63) is 22.1 Å². The molecule has 0 unspecified atom stereocenters. The molecule has 0 spiro atoms. The van der Waals surface area contributed by atoms with E-state index in [1.54, 1.807) is 11.3 Å². The fourth-order valence-corrected chi connectivity index (χ4v) is 6.40. The smallest absolute Gasteiger partial charge is 0.185 e. The maximum Gasteiger partial charge on any atom is 0.185 e. The van der Waals surface area contributed by atoms with Gasteiger partial charge < -0.3 is 14.7 Å². The molecule has 0 bridgehead atoms.